The van der Waals surface area contributed by atoms with Gasteiger partial charge in [-0.05, 0) is 26.4 Å². The van der Waals surface area contributed by atoms with Crippen LogP contribution in [0, 0.1) is 6.92 Å². The van der Waals surface area contributed by atoms with Gasteiger partial charge in [0, 0.05) is 32.3 Å². The van der Waals surface area contributed by atoms with Crippen LogP contribution in [0.25, 0.3) is 0 Å². The van der Waals surface area contributed by atoms with Gasteiger partial charge in [-0.3, -0.25) is 4.90 Å². The predicted molar refractivity (Wildman–Crippen MR) is 79.7 cm³/mol. The summed E-state index contributed by atoms with van der Waals surface area (Å²) in [6, 6.07) is 0.383. The van der Waals surface area contributed by atoms with Gasteiger partial charge in [-0.1, -0.05) is 5.16 Å². The third kappa shape index (κ3) is 5.37. The minimum Gasteiger partial charge on any atom is -0.340 e. The molecule has 0 N–H and O–H groups in total. The fourth-order valence-corrected chi connectivity index (χ4v) is 3.25. The van der Waals surface area contributed by atoms with E-state index in [9.17, 15) is 8.42 Å². The van der Waals surface area contributed by atoms with Crippen molar-refractivity contribution in [3.8, 4) is 0 Å². The first-order valence-electron chi connectivity index (χ1n) is 7.23. The Morgan fingerprint density at radius 3 is 2.86 bits per heavy atom. The highest BCUT2D eigenvalue weighted by molar-refractivity contribution is 7.90. The molecular formula is C13H24N4O3S. The van der Waals surface area contributed by atoms with Crippen LogP contribution >= 0.6 is 0 Å². The summed E-state index contributed by atoms with van der Waals surface area (Å²) < 4.78 is 27.5. The van der Waals surface area contributed by atoms with Crippen LogP contribution in [0.5, 0.6) is 0 Å². The molecule has 1 aromatic heterocycles. The van der Waals surface area contributed by atoms with Crippen LogP contribution in [0.2, 0.25) is 0 Å². The van der Waals surface area contributed by atoms with Crippen LogP contribution in [-0.2, 0) is 16.4 Å². The molecule has 0 unspecified atom stereocenters. The molecule has 0 aromatic carbocycles. The van der Waals surface area contributed by atoms with Crippen molar-refractivity contribution >= 4 is 9.84 Å². The van der Waals surface area contributed by atoms with E-state index in [2.05, 4.69) is 19.9 Å². The molecule has 2 rings (SSSR count). The summed E-state index contributed by atoms with van der Waals surface area (Å²) in [7, 11) is -0.907. The molecule has 7 nitrogen and oxygen atoms in total. The second-order valence-electron chi connectivity index (χ2n) is 5.87. The van der Waals surface area contributed by atoms with Crippen molar-refractivity contribution in [1.29, 1.82) is 0 Å². The lowest BCUT2D eigenvalue weighted by Gasteiger charge is -2.37. The number of hydrogen-bond donors (Lipinski definition) is 0. The van der Waals surface area contributed by atoms with Crippen molar-refractivity contribution in [3.63, 3.8) is 0 Å². The largest absolute Gasteiger partial charge is 0.340 e. The third-order valence-corrected chi connectivity index (χ3v) is 4.78. The molecule has 0 radical (unpaired) electrons. The minimum absolute atomic E-state index is 0.212. The summed E-state index contributed by atoms with van der Waals surface area (Å²) >= 11 is 0. The highest BCUT2D eigenvalue weighted by atomic mass is 32.2. The maximum Gasteiger partial charge on any atom is 0.223 e. The smallest absolute Gasteiger partial charge is 0.223 e. The third-order valence-electron chi connectivity index (χ3n) is 3.85. The Kier molecular flexibility index (Phi) is 5.34. The Labute approximate surface area is 126 Å². The van der Waals surface area contributed by atoms with E-state index in [1.165, 1.54) is 6.26 Å². The Hall–Kier alpha value is -0.990. The van der Waals surface area contributed by atoms with E-state index in [4.69, 9.17) is 4.52 Å². The molecule has 21 heavy (non-hydrogen) atoms. The number of likely N-dealkylation sites (N-methyl/N-ethyl adjacent to an activating group) is 1. The van der Waals surface area contributed by atoms with E-state index in [-0.39, 0.29) is 5.75 Å². The molecule has 8 heteroatoms. The van der Waals surface area contributed by atoms with Gasteiger partial charge in [0.2, 0.25) is 5.89 Å². The molecule has 1 aromatic rings. The number of likely N-dealkylation sites (tertiary alicyclic amines) is 1. The Bertz CT molecular complexity index is 558. The zero-order valence-electron chi connectivity index (χ0n) is 12.9. The number of rotatable bonds is 6. The monoisotopic (exact) mass is 316 g/mol. The molecule has 0 bridgehead atoms. The first kappa shape index (κ1) is 16.4. The van der Waals surface area contributed by atoms with Crippen LogP contribution in [0.3, 0.4) is 0 Å². The zero-order chi connectivity index (χ0) is 15.5. The Balaban J connectivity index is 1.85. The highest BCUT2D eigenvalue weighted by Crippen LogP contribution is 2.16. The molecule has 1 aliphatic heterocycles. The van der Waals surface area contributed by atoms with Crippen molar-refractivity contribution in [2.75, 3.05) is 38.7 Å². The van der Waals surface area contributed by atoms with Gasteiger partial charge in [0.25, 0.3) is 0 Å². The summed E-state index contributed by atoms with van der Waals surface area (Å²) in [5.41, 5.74) is 0. The summed E-state index contributed by atoms with van der Waals surface area (Å²) in [5, 5.41) is 3.93. The van der Waals surface area contributed by atoms with Crippen molar-refractivity contribution in [2.24, 2.45) is 0 Å². The maximum atomic E-state index is 11.3. The molecule has 120 valence electrons. The van der Waals surface area contributed by atoms with Crippen LogP contribution in [-0.4, -0.2) is 73.1 Å². The molecule has 0 saturated carbocycles. The Morgan fingerprint density at radius 1 is 1.48 bits per heavy atom. The fourth-order valence-electron chi connectivity index (χ4n) is 2.63. The molecular weight excluding hydrogens is 292 g/mol. The number of nitrogens with zero attached hydrogens (tertiary/aromatic N) is 4. The van der Waals surface area contributed by atoms with Gasteiger partial charge in [-0.25, -0.2) is 8.42 Å². The molecule has 1 saturated heterocycles. The van der Waals surface area contributed by atoms with Crippen molar-refractivity contribution in [2.45, 2.75) is 32.4 Å². The van der Waals surface area contributed by atoms with Crippen molar-refractivity contribution in [1.82, 2.24) is 19.9 Å². The first-order chi connectivity index (χ1) is 9.83. The van der Waals surface area contributed by atoms with Crippen LogP contribution in [0.4, 0.5) is 0 Å². The number of piperidine rings is 1. The average Bonchev–Trinajstić information content (AvgIpc) is 2.81. The van der Waals surface area contributed by atoms with E-state index >= 15 is 0 Å². The summed E-state index contributed by atoms with van der Waals surface area (Å²) in [6.45, 7) is 4.98. The lowest BCUT2D eigenvalue weighted by atomic mass is 10.0. The summed E-state index contributed by atoms with van der Waals surface area (Å²) in [5.74, 6) is 1.51. The molecule has 1 fully saturated rings. The average molecular weight is 316 g/mol. The summed E-state index contributed by atoms with van der Waals surface area (Å²) in [6.07, 6.45) is 3.49. The predicted octanol–water partition coefficient (Wildman–Crippen LogP) is 0.319. The zero-order valence-corrected chi connectivity index (χ0v) is 13.8. The van der Waals surface area contributed by atoms with Gasteiger partial charge < -0.3 is 9.42 Å². The standard InChI is InChI=1S/C13H24N4O3S/c1-11-14-13(15-20-11)10-17-6-4-5-12(9-17)16(2)7-8-21(3,18)19/h12H,4-10H2,1-3H3/t12-/m1/s1. The second-order valence-corrected chi connectivity index (χ2v) is 8.13. The number of hydrogen-bond acceptors (Lipinski definition) is 7. The molecule has 0 amide bonds. The fraction of sp³-hybridized carbons (Fsp3) is 0.846. The lowest BCUT2D eigenvalue weighted by Crippen LogP contribution is -2.47. The maximum absolute atomic E-state index is 11.3. The van der Waals surface area contributed by atoms with Gasteiger partial charge in [-0.15, -0.1) is 0 Å². The summed E-state index contributed by atoms with van der Waals surface area (Å²) in [4.78, 5) is 8.68. The van der Waals surface area contributed by atoms with E-state index in [1.807, 2.05) is 7.05 Å². The van der Waals surface area contributed by atoms with Gasteiger partial charge in [0.05, 0.1) is 12.3 Å². The van der Waals surface area contributed by atoms with E-state index in [0.717, 1.165) is 25.9 Å². The SMILES string of the molecule is Cc1nc(CN2CCC[C@@H](N(C)CCS(C)(=O)=O)C2)no1. The van der Waals surface area contributed by atoms with Gasteiger partial charge >= 0.3 is 0 Å². The number of aromatic nitrogens is 2. The van der Waals surface area contributed by atoms with E-state index < -0.39 is 9.84 Å². The van der Waals surface area contributed by atoms with E-state index in [0.29, 0.717) is 30.8 Å². The number of sulfone groups is 1. The van der Waals surface area contributed by atoms with E-state index in [1.54, 1.807) is 6.92 Å². The van der Waals surface area contributed by atoms with Gasteiger partial charge in [-0.2, -0.15) is 4.98 Å². The van der Waals surface area contributed by atoms with Crippen LogP contribution < -0.4 is 0 Å². The van der Waals surface area contributed by atoms with Crippen LogP contribution in [0.15, 0.2) is 4.52 Å². The lowest BCUT2D eigenvalue weighted by molar-refractivity contribution is 0.113. The topological polar surface area (TPSA) is 79.5 Å². The van der Waals surface area contributed by atoms with Crippen LogP contribution in [0.1, 0.15) is 24.6 Å². The van der Waals surface area contributed by atoms with Crippen molar-refractivity contribution in [3.05, 3.63) is 11.7 Å². The Morgan fingerprint density at radius 2 is 2.24 bits per heavy atom. The normalized spacial score (nSPS) is 21.0. The molecule has 1 aliphatic rings. The quantitative estimate of drug-likeness (QED) is 0.747. The highest BCUT2D eigenvalue weighted by Gasteiger charge is 2.24. The van der Waals surface area contributed by atoms with Gasteiger partial charge in [0.1, 0.15) is 9.84 Å². The number of aryl methyl sites for hydroxylation is 1. The van der Waals surface area contributed by atoms with Gasteiger partial charge in [0.15, 0.2) is 5.82 Å². The van der Waals surface area contributed by atoms with Crippen molar-refractivity contribution < 1.29 is 12.9 Å². The molecule has 0 aliphatic carbocycles. The first-order valence-corrected chi connectivity index (χ1v) is 9.29. The molecule has 0 spiro atoms. The molecule has 2 heterocycles. The second kappa shape index (κ2) is 6.85. The minimum atomic E-state index is -2.90. The molecule has 1 atom stereocenters.